The van der Waals surface area contributed by atoms with Gasteiger partial charge in [-0.2, -0.15) is 18.3 Å². The number of hydrogen-bond donors (Lipinski definition) is 4. The van der Waals surface area contributed by atoms with Crippen LogP contribution in [0, 0.1) is 11.8 Å². The molecule has 238 valence electrons. The van der Waals surface area contributed by atoms with Gasteiger partial charge in [0.05, 0.1) is 34.6 Å². The van der Waals surface area contributed by atoms with Crippen molar-refractivity contribution in [1.29, 1.82) is 0 Å². The molecule has 1 aliphatic carbocycles. The van der Waals surface area contributed by atoms with E-state index < -0.39 is 17.8 Å². The van der Waals surface area contributed by atoms with Crippen LogP contribution in [0.2, 0.25) is 5.02 Å². The summed E-state index contributed by atoms with van der Waals surface area (Å²) in [5, 5.41) is 15.6. The number of rotatable bonds is 8. The van der Waals surface area contributed by atoms with E-state index in [0.29, 0.717) is 13.1 Å². The van der Waals surface area contributed by atoms with Gasteiger partial charge in [-0.3, -0.25) is 14.3 Å². The van der Waals surface area contributed by atoms with Gasteiger partial charge in [-0.05, 0) is 31.2 Å². The van der Waals surface area contributed by atoms with Gasteiger partial charge in [0.1, 0.15) is 0 Å². The molecule has 3 aliphatic rings. The normalized spacial score (nSPS) is 22.2. The Morgan fingerprint density at radius 2 is 1.93 bits per heavy atom. The Labute approximate surface area is 261 Å². The quantitative estimate of drug-likeness (QED) is 0.278. The van der Waals surface area contributed by atoms with Crippen molar-refractivity contribution in [3.05, 3.63) is 65.4 Å². The van der Waals surface area contributed by atoms with Crippen LogP contribution in [-0.4, -0.2) is 80.3 Å². The van der Waals surface area contributed by atoms with Crippen LogP contribution in [0.3, 0.4) is 0 Å². The SMILES string of the molecule is C=CCn1cc(-c2cnc(C(=O)Nc3ccc(C(=O)NC4[C@H]5CN(C(=O)N[C@H]6CCNC6)C[C@@H]45)c(Cl)c3)n2C)c(C(F)(F)F)n1. The van der Waals surface area contributed by atoms with Gasteiger partial charge < -0.3 is 30.7 Å². The summed E-state index contributed by atoms with van der Waals surface area (Å²) in [4.78, 5) is 44.4. The first kappa shape index (κ1) is 30.6. The predicted molar refractivity (Wildman–Crippen MR) is 159 cm³/mol. The number of carbonyl (C=O) groups excluding carboxylic acids is 3. The van der Waals surface area contributed by atoms with Gasteiger partial charge in [-0.1, -0.05) is 17.7 Å². The number of anilines is 1. The number of urea groups is 1. The summed E-state index contributed by atoms with van der Waals surface area (Å²) < 4.78 is 43.4. The summed E-state index contributed by atoms with van der Waals surface area (Å²) in [5.74, 6) is -0.825. The van der Waals surface area contributed by atoms with E-state index >= 15 is 0 Å². The first-order valence-corrected chi connectivity index (χ1v) is 14.8. The van der Waals surface area contributed by atoms with Crippen molar-refractivity contribution in [2.24, 2.45) is 18.9 Å². The second-order valence-corrected chi connectivity index (χ2v) is 11.9. The molecule has 4 amide bonds. The van der Waals surface area contributed by atoms with Crippen molar-refractivity contribution in [3.8, 4) is 11.3 Å². The van der Waals surface area contributed by atoms with Gasteiger partial charge in [-0.25, -0.2) is 9.78 Å². The fraction of sp³-hybridized carbons (Fsp3) is 0.414. The van der Waals surface area contributed by atoms with Crippen molar-refractivity contribution >= 4 is 35.1 Å². The van der Waals surface area contributed by atoms with E-state index in [1.165, 1.54) is 48.3 Å². The number of halogens is 4. The lowest BCUT2D eigenvalue weighted by Gasteiger charge is -2.23. The lowest BCUT2D eigenvalue weighted by atomic mass is 10.2. The highest BCUT2D eigenvalue weighted by Crippen LogP contribution is 2.45. The van der Waals surface area contributed by atoms with Gasteiger partial charge in [0.15, 0.2) is 11.5 Å². The smallest absolute Gasteiger partial charge is 0.349 e. The number of aromatic nitrogens is 4. The maximum Gasteiger partial charge on any atom is 0.435 e. The van der Waals surface area contributed by atoms with E-state index in [0.717, 1.165) is 24.2 Å². The van der Waals surface area contributed by atoms with Gasteiger partial charge >= 0.3 is 12.2 Å². The molecule has 0 radical (unpaired) electrons. The van der Waals surface area contributed by atoms with E-state index in [4.69, 9.17) is 11.6 Å². The molecule has 6 rings (SSSR count). The number of allylic oxidation sites excluding steroid dienone is 1. The summed E-state index contributed by atoms with van der Waals surface area (Å²) >= 11 is 6.41. The Balaban J connectivity index is 1.06. The number of carbonyl (C=O) groups is 3. The van der Waals surface area contributed by atoms with Gasteiger partial charge in [0.25, 0.3) is 11.8 Å². The summed E-state index contributed by atoms with van der Waals surface area (Å²) in [6.07, 6.45) is 0.00577. The fourth-order valence-corrected chi connectivity index (χ4v) is 6.32. The molecule has 3 aromatic rings. The molecule has 3 fully saturated rings. The molecule has 1 aromatic carbocycles. The number of nitrogens with one attached hydrogen (secondary N) is 4. The number of alkyl halides is 3. The van der Waals surface area contributed by atoms with Gasteiger partial charge in [-0.15, -0.1) is 6.58 Å². The van der Waals surface area contributed by atoms with E-state index in [2.05, 4.69) is 37.9 Å². The third kappa shape index (κ3) is 6.14. The number of nitrogens with zero attached hydrogens (tertiary/aromatic N) is 5. The maximum absolute atomic E-state index is 13.7. The molecule has 2 aromatic heterocycles. The van der Waals surface area contributed by atoms with Crippen LogP contribution >= 0.6 is 11.6 Å². The Hall–Kier alpha value is -4.37. The zero-order valence-electron chi connectivity index (χ0n) is 24.2. The van der Waals surface area contributed by atoms with Crippen LogP contribution in [0.4, 0.5) is 23.7 Å². The lowest BCUT2D eigenvalue weighted by molar-refractivity contribution is -0.141. The van der Waals surface area contributed by atoms with Crippen molar-refractivity contribution < 1.29 is 27.6 Å². The van der Waals surface area contributed by atoms with Crippen LogP contribution in [0.5, 0.6) is 0 Å². The standard InChI is InChI=1S/C29H31ClF3N9O3/c1-3-8-42-14-20(24(39-42)29(31,32)33)22-11-35-25(40(22)2)27(44)36-15-4-5-17(21(30)9-15)26(43)38-23-18-12-41(13-19(18)23)28(45)37-16-6-7-34-10-16/h3-5,9,11,14,16,18-19,23,34H,1,6-8,10,12-13H2,2H3,(H,36,44)(H,37,45)(H,38,43)/t16-,18-,19+,23?/m0/s1. The van der Waals surface area contributed by atoms with Crippen molar-refractivity contribution in [2.45, 2.75) is 31.2 Å². The number of hydrogen-bond acceptors (Lipinski definition) is 6. The molecule has 1 unspecified atom stereocenters. The van der Waals surface area contributed by atoms with E-state index in [-0.39, 0.29) is 75.8 Å². The molecule has 4 N–H and O–H groups in total. The van der Waals surface area contributed by atoms with Crippen LogP contribution in [0.1, 0.15) is 33.1 Å². The molecule has 16 heteroatoms. The third-order valence-corrected chi connectivity index (χ3v) is 8.76. The number of amides is 4. The van der Waals surface area contributed by atoms with Crippen molar-refractivity contribution in [2.75, 3.05) is 31.5 Å². The van der Waals surface area contributed by atoms with Gasteiger partial charge in [0.2, 0.25) is 0 Å². The average molecular weight is 646 g/mol. The molecule has 0 spiro atoms. The minimum absolute atomic E-state index is 0.0487. The van der Waals surface area contributed by atoms with Crippen molar-refractivity contribution in [1.82, 2.24) is 40.2 Å². The lowest BCUT2D eigenvalue weighted by Crippen LogP contribution is -2.46. The highest BCUT2D eigenvalue weighted by atomic mass is 35.5. The molecule has 2 saturated heterocycles. The van der Waals surface area contributed by atoms with Crippen LogP contribution in [0.15, 0.2) is 43.2 Å². The van der Waals surface area contributed by atoms with Crippen LogP contribution in [-0.2, 0) is 19.8 Å². The molecule has 0 bridgehead atoms. The summed E-state index contributed by atoms with van der Waals surface area (Å²) in [7, 11) is 1.43. The largest absolute Gasteiger partial charge is 0.435 e. The summed E-state index contributed by atoms with van der Waals surface area (Å²) in [6.45, 7) is 6.41. The van der Waals surface area contributed by atoms with Crippen LogP contribution in [0.25, 0.3) is 11.3 Å². The van der Waals surface area contributed by atoms with Gasteiger partial charge in [0, 0.05) is 62.5 Å². The molecule has 1 saturated carbocycles. The summed E-state index contributed by atoms with van der Waals surface area (Å²) in [6, 6.07) is 4.41. The molecule has 45 heavy (non-hydrogen) atoms. The Bertz CT molecular complexity index is 1650. The zero-order chi connectivity index (χ0) is 32.0. The third-order valence-electron chi connectivity index (χ3n) is 8.45. The number of benzene rings is 1. The second-order valence-electron chi connectivity index (χ2n) is 11.4. The average Bonchev–Trinajstić information content (AvgIpc) is 3.59. The molecular weight excluding hydrogens is 615 g/mol. The first-order chi connectivity index (χ1) is 21.4. The molecular formula is C29H31ClF3N9O3. The topological polar surface area (TPSA) is 138 Å². The Morgan fingerprint density at radius 1 is 1.18 bits per heavy atom. The van der Waals surface area contributed by atoms with Crippen LogP contribution < -0.4 is 21.3 Å². The molecule has 2 aliphatic heterocycles. The fourth-order valence-electron chi connectivity index (χ4n) is 6.06. The monoisotopic (exact) mass is 645 g/mol. The summed E-state index contributed by atoms with van der Waals surface area (Å²) in [5.41, 5.74) is -0.793. The first-order valence-electron chi connectivity index (χ1n) is 14.4. The number of fused-ring (bicyclic) bond motifs is 1. The highest BCUT2D eigenvalue weighted by Gasteiger charge is 2.57. The van der Waals surface area contributed by atoms with E-state index in [1.54, 1.807) is 4.90 Å². The number of imidazole rings is 1. The Kier molecular flexibility index (Phi) is 8.07. The van der Waals surface area contributed by atoms with Crippen molar-refractivity contribution in [3.63, 3.8) is 0 Å². The molecule has 4 heterocycles. The zero-order valence-corrected chi connectivity index (χ0v) is 25.0. The number of likely N-dealkylation sites (tertiary alicyclic amines) is 1. The Morgan fingerprint density at radius 3 is 2.58 bits per heavy atom. The second kappa shape index (κ2) is 11.9. The minimum Gasteiger partial charge on any atom is -0.349 e. The predicted octanol–water partition coefficient (Wildman–Crippen LogP) is 3.13. The molecule has 4 atom stereocenters. The molecule has 12 nitrogen and oxygen atoms in total. The minimum atomic E-state index is -4.72. The van der Waals surface area contributed by atoms with E-state index in [1.807, 2.05) is 0 Å². The highest BCUT2D eigenvalue weighted by molar-refractivity contribution is 6.34. The maximum atomic E-state index is 13.7. The van der Waals surface area contributed by atoms with E-state index in [9.17, 15) is 27.6 Å². The number of piperidine rings is 1.